The smallest absolute Gasteiger partial charge is 0.323 e. The zero-order valence-corrected chi connectivity index (χ0v) is 13.6. The summed E-state index contributed by atoms with van der Waals surface area (Å²) < 4.78 is 6.14. The fourth-order valence-corrected chi connectivity index (χ4v) is 2.21. The van der Waals surface area contributed by atoms with Crippen molar-refractivity contribution in [2.45, 2.75) is 0 Å². The van der Waals surface area contributed by atoms with Gasteiger partial charge in [-0.2, -0.15) is 5.10 Å². The number of hydrogen-bond acceptors (Lipinski definition) is 5. The molecule has 0 spiro atoms. The SMILES string of the molecule is COCCN(CC(=O)O)C(=O)c1cc(C(N)=O)n(-c2ccccc2)n1. The van der Waals surface area contributed by atoms with Crippen LogP contribution in [0.1, 0.15) is 21.0 Å². The van der Waals surface area contributed by atoms with Gasteiger partial charge in [0.05, 0.1) is 12.3 Å². The molecular formula is C16H18N4O5. The summed E-state index contributed by atoms with van der Waals surface area (Å²) in [4.78, 5) is 36.3. The monoisotopic (exact) mass is 346 g/mol. The summed E-state index contributed by atoms with van der Waals surface area (Å²) in [5.41, 5.74) is 5.87. The van der Waals surface area contributed by atoms with Crippen molar-refractivity contribution in [2.75, 3.05) is 26.8 Å². The molecule has 9 heteroatoms. The molecule has 0 saturated carbocycles. The Morgan fingerprint density at radius 3 is 2.52 bits per heavy atom. The lowest BCUT2D eigenvalue weighted by Crippen LogP contribution is -2.38. The summed E-state index contributed by atoms with van der Waals surface area (Å²) in [7, 11) is 1.44. The number of aromatic nitrogens is 2. The number of amides is 2. The van der Waals surface area contributed by atoms with Gasteiger partial charge >= 0.3 is 5.97 Å². The Hall–Kier alpha value is -3.20. The number of carbonyl (C=O) groups is 3. The van der Waals surface area contributed by atoms with E-state index in [0.29, 0.717) is 5.69 Å². The van der Waals surface area contributed by atoms with Crippen LogP contribution < -0.4 is 5.73 Å². The third-order valence-corrected chi connectivity index (χ3v) is 3.36. The van der Waals surface area contributed by atoms with Crippen LogP contribution in [-0.4, -0.2) is 64.4 Å². The van der Waals surface area contributed by atoms with Gasteiger partial charge in [-0.3, -0.25) is 14.4 Å². The lowest BCUT2D eigenvalue weighted by atomic mass is 10.3. The number of carbonyl (C=O) groups excluding carboxylic acids is 2. The number of benzene rings is 1. The number of carboxylic acids is 1. The summed E-state index contributed by atoms with van der Waals surface area (Å²) in [5.74, 6) is -2.55. The van der Waals surface area contributed by atoms with Crippen LogP contribution in [0.4, 0.5) is 0 Å². The average molecular weight is 346 g/mol. The molecule has 0 bridgehead atoms. The van der Waals surface area contributed by atoms with Crippen molar-refractivity contribution in [3.8, 4) is 5.69 Å². The molecule has 0 unspecified atom stereocenters. The molecule has 2 rings (SSSR count). The van der Waals surface area contributed by atoms with Crippen LogP contribution in [0.25, 0.3) is 5.69 Å². The van der Waals surface area contributed by atoms with Crippen LogP contribution in [-0.2, 0) is 9.53 Å². The molecule has 9 nitrogen and oxygen atoms in total. The van der Waals surface area contributed by atoms with Crippen LogP contribution in [0.2, 0.25) is 0 Å². The predicted octanol–water partition coefficient (Wildman–Crippen LogP) is 0.144. The summed E-state index contributed by atoms with van der Waals surface area (Å²) in [6.45, 7) is -0.265. The van der Waals surface area contributed by atoms with Crippen LogP contribution in [0.15, 0.2) is 36.4 Å². The van der Waals surface area contributed by atoms with Crippen molar-refractivity contribution in [3.63, 3.8) is 0 Å². The minimum Gasteiger partial charge on any atom is -0.480 e. The summed E-state index contributed by atoms with van der Waals surface area (Å²) >= 11 is 0. The molecule has 0 aliphatic heterocycles. The topological polar surface area (TPSA) is 128 Å². The standard InChI is InChI=1S/C16H18N4O5/c1-25-8-7-19(10-14(21)22)16(24)12-9-13(15(17)23)20(18-12)11-5-3-2-4-6-11/h2-6,9H,7-8,10H2,1H3,(H2,17,23)(H,21,22). The second-order valence-corrected chi connectivity index (χ2v) is 5.14. The van der Waals surface area contributed by atoms with E-state index < -0.39 is 24.3 Å². The van der Waals surface area contributed by atoms with Gasteiger partial charge in [0.15, 0.2) is 5.69 Å². The fourth-order valence-electron chi connectivity index (χ4n) is 2.21. The zero-order chi connectivity index (χ0) is 18.4. The van der Waals surface area contributed by atoms with Crippen molar-refractivity contribution in [1.82, 2.24) is 14.7 Å². The predicted molar refractivity (Wildman–Crippen MR) is 87.5 cm³/mol. The minimum absolute atomic E-state index is 0.0246. The molecule has 0 atom stereocenters. The van der Waals surface area contributed by atoms with Gasteiger partial charge in [-0.05, 0) is 12.1 Å². The number of rotatable bonds is 8. The number of methoxy groups -OCH3 is 1. The second kappa shape index (κ2) is 8.06. The Balaban J connectivity index is 2.39. The Morgan fingerprint density at radius 1 is 1.28 bits per heavy atom. The molecule has 0 fully saturated rings. The first-order valence-electron chi connectivity index (χ1n) is 7.39. The Morgan fingerprint density at radius 2 is 1.96 bits per heavy atom. The third-order valence-electron chi connectivity index (χ3n) is 3.36. The second-order valence-electron chi connectivity index (χ2n) is 5.14. The number of ether oxygens (including phenoxy) is 1. The Kier molecular flexibility index (Phi) is 5.85. The Bertz CT molecular complexity index is 772. The highest BCUT2D eigenvalue weighted by molar-refractivity contribution is 5.98. The maximum atomic E-state index is 12.6. The average Bonchev–Trinajstić information content (AvgIpc) is 3.04. The first kappa shape index (κ1) is 18.1. The molecule has 3 N–H and O–H groups in total. The van der Waals surface area contributed by atoms with Gasteiger partial charge in [-0.15, -0.1) is 0 Å². The number of hydrogen-bond donors (Lipinski definition) is 2. The van der Waals surface area contributed by atoms with Gasteiger partial charge in [0.25, 0.3) is 11.8 Å². The maximum absolute atomic E-state index is 12.6. The molecule has 1 heterocycles. The number of carboxylic acid groups (broad SMARTS) is 1. The summed E-state index contributed by atoms with van der Waals surface area (Å²) in [6.07, 6.45) is 0. The van der Waals surface area contributed by atoms with E-state index in [0.717, 1.165) is 4.90 Å². The lowest BCUT2D eigenvalue weighted by Gasteiger charge is -2.18. The van der Waals surface area contributed by atoms with E-state index >= 15 is 0 Å². The summed E-state index contributed by atoms with van der Waals surface area (Å²) in [5, 5.41) is 13.1. The molecule has 2 aromatic rings. The van der Waals surface area contributed by atoms with Crippen LogP contribution in [0.3, 0.4) is 0 Å². The van der Waals surface area contributed by atoms with Crippen molar-refractivity contribution >= 4 is 17.8 Å². The molecule has 0 radical (unpaired) electrons. The molecule has 1 aromatic carbocycles. The van der Waals surface area contributed by atoms with E-state index in [9.17, 15) is 14.4 Å². The van der Waals surface area contributed by atoms with Crippen molar-refractivity contribution in [3.05, 3.63) is 47.8 Å². The highest BCUT2D eigenvalue weighted by Crippen LogP contribution is 2.14. The van der Waals surface area contributed by atoms with Crippen LogP contribution in [0.5, 0.6) is 0 Å². The molecule has 0 aliphatic carbocycles. The molecule has 132 valence electrons. The number of primary amides is 1. The van der Waals surface area contributed by atoms with Gasteiger partial charge in [0.1, 0.15) is 12.2 Å². The lowest BCUT2D eigenvalue weighted by molar-refractivity contribution is -0.137. The van der Waals surface area contributed by atoms with Crippen LogP contribution >= 0.6 is 0 Å². The molecular weight excluding hydrogens is 328 g/mol. The highest BCUT2D eigenvalue weighted by atomic mass is 16.5. The third kappa shape index (κ3) is 4.42. The van der Waals surface area contributed by atoms with E-state index in [1.807, 2.05) is 0 Å². The number of aliphatic carboxylic acids is 1. The molecule has 25 heavy (non-hydrogen) atoms. The number of para-hydroxylation sites is 1. The van der Waals surface area contributed by atoms with E-state index in [2.05, 4.69) is 5.10 Å². The van der Waals surface area contributed by atoms with E-state index in [-0.39, 0.29) is 24.5 Å². The van der Waals surface area contributed by atoms with Gasteiger partial charge in [-0.1, -0.05) is 18.2 Å². The first-order valence-corrected chi connectivity index (χ1v) is 7.39. The fraction of sp³-hybridized carbons (Fsp3) is 0.250. The van der Waals surface area contributed by atoms with Crippen molar-refractivity contribution in [2.24, 2.45) is 5.73 Å². The number of nitrogens with two attached hydrogens (primary N) is 1. The van der Waals surface area contributed by atoms with E-state index in [1.165, 1.54) is 17.9 Å². The zero-order valence-electron chi connectivity index (χ0n) is 13.6. The van der Waals surface area contributed by atoms with Crippen molar-refractivity contribution < 1.29 is 24.2 Å². The van der Waals surface area contributed by atoms with Gasteiger partial charge in [-0.25, -0.2) is 4.68 Å². The van der Waals surface area contributed by atoms with E-state index in [1.54, 1.807) is 30.3 Å². The van der Waals surface area contributed by atoms with Gasteiger partial charge in [0, 0.05) is 19.7 Å². The quantitative estimate of drug-likeness (QED) is 0.700. The van der Waals surface area contributed by atoms with Crippen LogP contribution in [0, 0.1) is 0 Å². The largest absolute Gasteiger partial charge is 0.480 e. The van der Waals surface area contributed by atoms with E-state index in [4.69, 9.17) is 15.6 Å². The number of nitrogens with zero attached hydrogens (tertiary/aromatic N) is 3. The summed E-state index contributed by atoms with van der Waals surface area (Å²) in [6, 6.07) is 9.94. The molecule has 2 amide bonds. The minimum atomic E-state index is -1.16. The van der Waals surface area contributed by atoms with Gasteiger partial charge in [0.2, 0.25) is 0 Å². The van der Waals surface area contributed by atoms with Gasteiger partial charge < -0.3 is 20.5 Å². The first-order chi connectivity index (χ1) is 11.9. The normalized spacial score (nSPS) is 10.4. The van der Waals surface area contributed by atoms with Crippen molar-refractivity contribution in [1.29, 1.82) is 0 Å². The highest BCUT2D eigenvalue weighted by Gasteiger charge is 2.24. The molecule has 0 aliphatic rings. The maximum Gasteiger partial charge on any atom is 0.323 e. The molecule has 1 aromatic heterocycles. The molecule has 0 saturated heterocycles. The Labute approximate surface area is 143 Å².